The highest BCUT2D eigenvalue weighted by molar-refractivity contribution is 5.82. The van der Waals surface area contributed by atoms with Crippen molar-refractivity contribution in [2.75, 3.05) is 0 Å². The Morgan fingerprint density at radius 3 is 0.903 bits per heavy atom. The van der Waals surface area contributed by atoms with Gasteiger partial charge in [-0.1, -0.05) is 157 Å². The van der Waals surface area contributed by atoms with E-state index in [1.165, 1.54) is 0 Å². The zero-order chi connectivity index (χ0) is 41.8. The van der Waals surface area contributed by atoms with Crippen molar-refractivity contribution in [3.8, 4) is 101 Å². The summed E-state index contributed by atoms with van der Waals surface area (Å²) in [5.74, 6) is 1.89. The van der Waals surface area contributed by atoms with E-state index in [1.54, 1.807) is 0 Å². The van der Waals surface area contributed by atoms with Crippen molar-refractivity contribution in [3.05, 3.63) is 224 Å². The number of nitrogens with zero attached hydrogens (tertiary/aromatic N) is 5. The molecule has 0 radical (unpaired) electrons. The largest absolute Gasteiger partial charge is 0.256 e. The SMILES string of the molecule is Cc1cccc(-c2nc(-c3cccc(C)c3)nc(-c3cc(-c4ccc(-c5ccc(-c6ccccn6)cc5)cc4)cc(-c4ccc(-c5ccc(-c6ccccn6)cc5)cc4)c3)n2)c1. The van der Waals surface area contributed by atoms with E-state index in [-0.39, 0.29) is 0 Å². The maximum absolute atomic E-state index is 5.17. The van der Waals surface area contributed by atoms with Crippen molar-refractivity contribution < 1.29 is 0 Å². The van der Waals surface area contributed by atoms with Gasteiger partial charge in [-0.2, -0.15) is 0 Å². The van der Waals surface area contributed by atoms with Gasteiger partial charge in [0, 0.05) is 40.2 Å². The molecule has 5 nitrogen and oxygen atoms in total. The normalized spacial score (nSPS) is 11.1. The molecule has 0 spiro atoms. The van der Waals surface area contributed by atoms with Crippen LogP contribution in [0.15, 0.2) is 213 Å². The predicted molar refractivity (Wildman–Crippen MR) is 254 cm³/mol. The van der Waals surface area contributed by atoms with E-state index >= 15 is 0 Å². The second-order valence-electron chi connectivity index (χ2n) is 15.6. The Bertz CT molecular complexity index is 2940. The first kappa shape index (κ1) is 38.1. The van der Waals surface area contributed by atoms with Crippen molar-refractivity contribution in [1.82, 2.24) is 24.9 Å². The number of rotatable bonds is 9. The number of hydrogen-bond acceptors (Lipinski definition) is 5. The van der Waals surface area contributed by atoms with Gasteiger partial charge in [0.05, 0.1) is 11.4 Å². The molecule has 0 fully saturated rings. The average molecular weight is 796 g/mol. The fourth-order valence-corrected chi connectivity index (χ4v) is 7.87. The van der Waals surface area contributed by atoms with Gasteiger partial charge in [-0.25, -0.2) is 15.0 Å². The molecule has 5 heteroatoms. The molecule has 0 unspecified atom stereocenters. The summed E-state index contributed by atoms with van der Waals surface area (Å²) in [6.07, 6.45) is 3.66. The zero-order valence-corrected chi connectivity index (χ0v) is 34.4. The average Bonchev–Trinajstić information content (AvgIpc) is 3.34. The molecule has 0 aliphatic rings. The zero-order valence-electron chi connectivity index (χ0n) is 34.4. The Balaban J connectivity index is 1.05. The van der Waals surface area contributed by atoms with Crippen LogP contribution in [0.1, 0.15) is 11.1 Å². The van der Waals surface area contributed by atoms with Crippen LogP contribution in [0.5, 0.6) is 0 Å². The summed E-state index contributed by atoms with van der Waals surface area (Å²) in [5, 5.41) is 0. The minimum Gasteiger partial charge on any atom is -0.256 e. The summed E-state index contributed by atoms with van der Waals surface area (Å²) >= 11 is 0. The number of benzene rings is 7. The van der Waals surface area contributed by atoms with Crippen LogP contribution in [0, 0.1) is 13.8 Å². The second-order valence-corrected chi connectivity index (χ2v) is 15.6. The third kappa shape index (κ3) is 8.20. The summed E-state index contributed by atoms with van der Waals surface area (Å²) in [6, 6.07) is 70.1. The molecule has 62 heavy (non-hydrogen) atoms. The van der Waals surface area contributed by atoms with Crippen molar-refractivity contribution in [1.29, 1.82) is 0 Å². The highest BCUT2D eigenvalue weighted by Gasteiger charge is 2.16. The van der Waals surface area contributed by atoms with Gasteiger partial charge in [0.1, 0.15) is 0 Å². The first-order valence-electron chi connectivity index (χ1n) is 20.8. The van der Waals surface area contributed by atoms with Crippen molar-refractivity contribution >= 4 is 0 Å². The highest BCUT2D eigenvalue weighted by Crippen LogP contribution is 2.36. The molecule has 10 rings (SSSR count). The quantitative estimate of drug-likeness (QED) is 0.146. The van der Waals surface area contributed by atoms with Gasteiger partial charge in [-0.05, 0) is 113 Å². The Morgan fingerprint density at radius 1 is 0.242 bits per heavy atom. The summed E-state index contributed by atoms with van der Waals surface area (Å²) in [4.78, 5) is 24.4. The molecule has 3 aromatic heterocycles. The van der Waals surface area contributed by atoms with Crippen LogP contribution in [0.3, 0.4) is 0 Å². The summed E-state index contributed by atoms with van der Waals surface area (Å²) in [6.45, 7) is 4.18. The number of pyridine rings is 2. The monoisotopic (exact) mass is 795 g/mol. The molecule has 294 valence electrons. The lowest BCUT2D eigenvalue weighted by atomic mass is 9.93. The van der Waals surface area contributed by atoms with E-state index in [1.807, 2.05) is 48.8 Å². The van der Waals surface area contributed by atoms with Gasteiger partial charge in [-0.3, -0.25) is 9.97 Å². The van der Waals surface area contributed by atoms with Gasteiger partial charge in [0.2, 0.25) is 0 Å². The van der Waals surface area contributed by atoms with E-state index in [0.717, 1.165) is 94.8 Å². The lowest BCUT2D eigenvalue weighted by Crippen LogP contribution is -2.01. The first-order chi connectivity index (χ1) is 30.5. The fourth-order valence-electron chi connectivity index (χ4n) is 7.87. The molecule has 0 atom stereocenters. The highest BCUT2D eigenvalue weighted by atomic mass is 15.0. The second kappa shape index (κ2) is 16.8. The Hall–Kier alpha value is -8.15. The molecular formula is C57H41N5. The van der Waals surface area contributed by atoms with Crippen molar-refractivity contribution in [3.63, 3.8) is 0 Å². The molecule has 0 aliphatic carbocycles. The van der Waals surface area contributed by atoms with Crippen LogP contribution < -0.4 is 0 Å². The molecular weight excluding hydrogens is 755 g/mol. The van der Waals surface area contributed by atoms with Gasteiger partial charge in [0.15, 0.2) is 17.5 Å². The molecule has 0 amide bonds. The third-order valence-corrected chi connectivity index (χ3v) is 11.2. The van der Waals surface area contributed by atoms with Crippen LogP contribution in [0.2, 0.25) is 0 Å². The minimum atomic E-state index is 0.616. The number of aryl methyl sites for hydroxylation is 2. The van der Waals surface area contributed by atoms with Crippen LogP contribution in [-0.2, 0) is 0 Å². The van der Waals surface area contributed by atoms with Gasteiger partial charge in [0.25, 0.3) is 0 Å². The molecule has 7 aromatic carbocycles. The smallest absolute Gasteiger partial charge is 0.164 e. The number of hydrogen-bond donors (Lipinski definition) is 0. The summed E-state index contributed by atoms with van der Waals surface area (Å²) in [7, 11) is 0. The van der Waals surface area contributed by atoms with Crippen LogP contribution in [0.4, 0.5) is 0 Å². The lowest BCUT2D eigenvalue weighted by Gasteiger charge is -2.13. The van der Waals surface area contributed by atoms with E-state index in [0.29, 0.717) is 17.5 Å². The van der Waals surface area contributed by atoms with E-state index in [9.17, 15) is 0 Å². The molecule has 0 bridgehead atoms. The summed E-state index contributed by atoms with van der Waals surface area (Å²) in [5.41, 5.74) is 18.1. The van der Waals surface area contributed by atoms with E-state index in [4.69, 9.17) is 15.0 Å². The molecule has 0 saturated heterocycles. The maximum atomic E-state index is 5.17. The molecule has 0 N–H and O–H groups in total. The molecule has 0 aliphatic heterocycles. The van der Waals surface area contributed by atoms with Crippen LogP contribution in [0.25, 0.3) is 101 Å². The summed E-state index contributed by atoms with van der Waals surface area (Å²) < 4.78 is 0. The Kier molecular flexibility index (Phi) is 10.3. The van der Waals surface area contributed by atoms with Crippen LogP contribution >= 0.6 is 0 Å². The van der Waals surface area contributed by atoms with Gasteiger partial charge in [-0.15, -0.1) is 0 Å². The Labute approximate surface area is 362 Å². The lowest BCUT2D eigenvalue weighted by molar-refractivity contribution is 1.07. The maximum Gasteiger partial charge on any atom is 0.164 e. The molecule has 3 heterocycles. The standard InChI is InChI=1S/C57H41N5/c1-38-9-7-11-48(33-38)55-60-56(49-12-8-10-39(2)34-49)62-57(61-55)52-36-50(44-19-15-40(16-20-44)42-23-27-46(28-24-42)53-13-3-5-31-58-53)35-51(37-52)45-21-17-41(18-22-45)43-25-29-47(30-26-43)54-14-4-6-32-59-54/h3-37H,1-2H3. The third-order valence-electron chi connectivity index (χ3n) is 11.2. The van der Waals surface area contributed by atoms with Crippen molar-refractivity contribution in [2.45, 2.75) is 13.8 Å². The fraction of sp³-hybridized carbons (Fsp3) is 0.0351. The Morgan fingerprint density at radius 2 is 0.565 bits per heavy atom. The predicted octanol–water partition coefficient (Wildman–Crippen LogP) is 14.3. The van der Waals surface area contributed by atoms with Crippen LogP contribution in [-0.4, -0.2) is 24.9 Å². The van der Waals surface area contributed by atoms with E-state index in [2.05, 4.69) is 188 Å². The van der Waals surface area contributed by atoms with E-state index < -0.39 is 0 Å². The topological polar surface area (TPSA) is 64.5 Å². The minimum absolute atomic E-state index is 0.616. The van der Waals surface area contributed by atoms with Gasteiger partial charge < -0.3 is 0 Å². The van der Waals surface area contributed by atoms with Gasteiger partial charge >= 0.3 is 0 Å². The molecule has 10 aromatic rings. The van der Waals surface area contributed by atoms with Crippen molar-refractivity contribution in [2.24, 2.45) is 0 Å². The first-order valence-corrected chi connectivity index (χ1v) is 20.8. The molecule has 0 saturated carbocycles. The number of aromatic nitrogens is 5.